The molecule has 9 heteroatoms. The van der Waals surface area contributed by atoms with E-state index in [1.54, 1.807) is 0 Å². The zero-order valence-electron chi connectivity index (χ0n) is 19.3. The van der Waals surface area contributed by atoms with Gasteiger partial charge in [-0.05, 0) is 37.1 Å². The summed E-state index contributed by atoms with van der Waals surface area (Å²) in [6.45, 7) is 0.296. The van der Waals surface area contributed by atoms with E-state index in [9.17, 15) is 4.79 Å². The Hall–Kier alpha value is -3.20. The Morgan fingerprint density at radius 2 is 2.00 bits per heavy atom. The number of fused-ring (bicyclic) bond motifs is 1. The van der Waals surface area contributed by atoms with Crippen LogP contribution < -0.4 is 20.5 Å². The van der Waals surface area contributed by atoms with Crippen molar-refractivity contribution in [3.8, 4) is 22.6 Å². The van der Waals surface area contributed by atoms with Gasteiger partial charge in [-0.2, -0.15) is 0 Å². The minimum atomic E-state index is -0.925. The summed E-state index contributed by atoms with van der Waals surface area (Å²) in [6, 6.07) is 13.3. The summed E-state index contributed by atoms with van der Waals surface area (Å²) in [5.74, 6) is -2.64. The molecule has 0 aliphatic carbocycles. The molecule has 3 aromatic rings. The number of carbonyl (C=O) groups is 1. The van der Waals surface area contributed by atoms with Crippen LogP contribution >= 0.6 is 11.6 Å². The summed E-state index contributed by atoms with van der Waals surface area (Å²) in [5.41, 5.74) is 5.63. The fourth-order valence-electron chi connectivity index (χ4n) is 5.30. The first kappa shape index (κ1) is 24.5. The Bertz CT molecular complexity index is 1320. The lowest BCUT2D eigenvalue weighted by molar-refractivity contribution is 0.0539. The lowest BCUT2D eigenvalue weighted by Crippen LogP contribution is -2.48. The van der Waals surface area contributed by atoms with E-state index in [0.717, 1.165) is 24.9 Å². The number of ether oxygens (including phenoxy) is 2. The van der Waals surface area contributed by atoms with E-state index in [1.807, 2.05) is 30.3 Å². The zero-order valence-corrected chi connectivity index (χ0v) is 20.1. The molecule has 36 heavy (non-hydrogen) atoms. The highest BCUT2D eigenvalue weighted by Crippen LogP contribution is 2.52. The van der Waals surface area contributed by atoms with Crippen LogP contribution in [-0.2, 0) is 12.0 Å². The predicted octanol–water partition coefficient (Wildman–Crippen LogP) is 4.34. The topological polar surface area (TPSA) is 93.8 Å². The number of aliphatic hydroxyl groups is 1. The van der Waals surface area contributed by atoms with E-state index < -0.39 is 23.1 Å². The Morgan fingerprint density at radius 3 is 2.67 bits per heavy atom. The highest BCUT2D eigenvalue weighted by molar-refractivity contribution is 6.34. The molecule has 2 aliphatic rings. The molecule has 0 aromatic heterocycles. The molecular weight excluding hydrogens is 490 g/mol. The van der Waals surface area contributed by atoms with Crippen LogP contribution in [0.25, 0.3) is 11.1 Å². The number of amides is 1. The van der Waals surface area contributed by atoms with Gasteiger partial charge < -0.3 is 25.6 Å². The first-order valence-electron chi connectivity index (χ1n) is 11.7. The minimum absolute atomic E-state index is 0.00298. The van der Waals surface area contributed by atoms with Crippen molar-refractivity contribution in [1.82, 2.24) is 5.32 Å². The molecule has 0 radical (unpaired) electrons. The van der Waals surface area contributed by atoms with Gasteiger partial charge >= 0.3 is 0 Å². The van der Waals surface area contributed by atoms with Crippen molar-refractivity contribution in [2.75, 3.05) is 19.8 Å². The van der Waals surface area contributed by atoms with Crippen LogP contribution in [0, 0.1) is 11.6 Å². The summed E-state index contributed by atoms with van der Waals surface area (Å²) < 4.78 is 42.9. The molecular formula is C27H25ClF2N2O4. The Kier molecular flexibility index (Phi) is 6.59. The summed E-state index contributed by atoms with van der Waals surface area (Å²) in [5, 5.41) is 12.3. The summed E-state index contributed by atoms with van der Waals surface area (Å²) >= 11 is 6.47. The van der Waals surface area contributed by atoms with Gasteiger partial charge in [-0.15, -0.1) is 0 Å². The van der Waals surface area contributed by atoms with Crippen molar-refractivity contribution in [3.63, 3.8) is 0 Å². The molecule has 5 rings (SSSR count). The highest BCUT2D eigenvalue weighted by Gasteiger charge is 2.50. The molecule has 0 bridgehead atoms. The molecule has 2 atom stereocenters. The van der Waals surface area contributed by atoms with Crippen molar-refractivity contribution in [3.05, 3.63) is 81.9 Å². The molecule has 6 nitrogen and oxygen atoms in total. The van der Waals surface area contributed by atoms with E-state index in [0.29, 0.717) is 5.56 Å². The van der Waals surface area contributed by atoms with Crippen molar-refractivity contribution in [1.29, 1.82) is 0 Å². The number of aliphatic hydroxyl groups excluding tert-OH is 1. The second-order valence-electron chi connectivity index (χ2n) is 8.94. The summed E-state index contributed by atoms with van der Waals surface area (Å²) in [7, 11) is 0. The number of hydrogen-bond donors (Lipinski definition) is 3. The second kappa shape index (κ2) is 9.69. The molecule has 3 aromatic carbocycles. The van der Waals surface area contributed by atoms with E-state index in [4.69, 9.17) is 31.9 Å². The lowest BCUT2D eigenvalue weighted by atomic mass is 9.80. The maximum atomic E-state index is 15.9. The molecule has 4 N–H and O–H groups in total. The Morgan fingerprint density at radius 1 is 1.22 bits per heavy atom. The van der Waals surface area contributed by atoms with E-state index in [2.05, 4.69) is 5.32 Å². The van der Waals surface area contributed by atoms with Crippen LogP contribution in [0.5, 0.6) is 11.5 Å². The second-order valence-corrected chi connectivity index (χ2v) is 9.32. The molecule has 1 amide bonds. The van der Waals surface area contributed by atoms with E-state index in [-0.39, 0.29) is 58.9 Å². The molecule has 1 unspecified atom stereocenters. The first-order chi connectivity index (χ1) is 17.4. The minimum Gasteiger partial charge on any atom is -0.488 e. The number of halogens is 3. The zero-order chi connectivity index (χ0) is 25.4. The van der Waals surface area contributed by atoms with Gasteiger partial charge in [-0.3, -0.25) is 4.79 Å². The van der Waals surface area contributed by atoms with Gasteiger partial charge in [0.05, 0.1) is 23.2 Å². The van der Waals surface area contributed by atoms with Gasteiger partial charge in [-0.25, -0.2) is 8.78 Å². The van der Waals surface area contributed by atoms with Crippen LogP contribution in [0.15, 0.2) is 48.5 Å². The molecule has 1 saturated heterocycles. The highest BCUT2D eigenvalue weighted by atomic mass is 35.5. The van der Waals surface area contributed by atoms with Crippen molar-refractivity contribution in [2.24, 2.45) is 5.73 Å². The Labute approximate surface area is 212 Å². The van der Waals surface area contributed by atoms with E-state index in [1.165, 1.54) is 18.2 Å². The average molecular weight is 515 g/mol. The summed E-state index contributed by atoms with van der Waals surface area (Å²) in [4.78, 5) is 12.3. The maximum Gasteiger partial charge on any atom is 0.249 e. The van der Waals surface area contributed by atoms with Crippen LogP contribution in [0.2, 0.25) is 5.02 Å². The van der Waals surface area contributed by atoms with Crippen LogP contribution in [0.1, 0.15) is 34.3 Å². The smallest absolute Gasteiger partial charge is 0.249 e. The third-order valence-electron chi connectivity index (χ3n) is 6.87. The maximum absolute atomic E-state index is 15.9. The normalized spacial score (nSPS) is 20.7. The average Bonchev–Trinajstić information content (AvgIpc) is 3.54. The molecule has 2 heterocycles. The third-order valence-corrected chi connectivity index (χ3v) is 7.24. The SMILES string of the molecule is NC(=O)c1ccc(OCCO)c(F)c1-c1c(Cl)c(F)cc2c1CC(c1ccccc1)([C@@H]1CCCN1)O2. The van der Waals surface area contributed by atoms with Gasteiger partial charge in [0.25, 0.3) is 0 Å². The number of primary amides is 1. The van der Waals surface area contributed by atoms with Gasteiger partial charge in [0, 0.05) is 29.2 Å². The van der Waals surface area contributed by atoms with E-state index >= 15 is 8.78 Å². The quantitative estimate of drug-likeness (QED) is 0.436. The van der Waals surface area contributed by atoms with Crippen LogP contribution in [-0.4, -0.2) is 36.8 Å². The fraction of sp³-hybridized carbons (Fsp3) is 0.296. The standard InChI is InChI=1S/C27H25ClF2N2O4/c28-24-18(29)13-20-17(14-27(36-20,21-7-4-10-32-21)15-5-2-1-3-6-15)22(24)23-16(26(31)34)8-9-19(25(23)30)35-12-11-33/h1-3,5-6,8-9,13,21,32-33H,4,7,10-12,14H2,(H2,31,34)/t21-,27?/m0/s1. The molecule has 0 saturated carbocycles. The first-order valence-corrected chi connectivity index (χ1v) is 12.1. The van der Waals surface area contributed by atoms with Crippen molar-refractivity contribution in [2.45, 2.75) is 30.9 Å². The van der Waals surface area contributed by atoms with Crippen molar-refractivity contribution < 1.29 is 28.2 Å². The number of nitrogens with one attached hydrogen (secondary N) is 1. The van der Waals surface area contributed by atoms with Crippen LogP contribution in [0.3, 0.4) is 0 Å². The fourth-order valence-corrected chi connectivity index (χ4v) is 5.56. The number of rotatable bonds is 7. The third kappa shape index (κ3) is 3.99. The van der Waals surface area contributed by atoms with Crippen LogP contribution in [0.4, 0.5) is 8.78 Å². The number of carbonyl (C=O) groups excluding carboxylic acids is 1. The Balaban J connectivity index is 1.74. The lowest BCUT2D eigenvalue weighted by Gasteiger charge is -2.35. The molecule has 188 valence electrons. The monoisotopic (exact) mass is 514 g/mol. The van der Waals surface area contributed by atoms with Gasteiger partial charge in [-0.1, -0.05) is 41.9 Å². The number of nitrogens with two attached hydrogens (primary N) is 1. The number of hydrogen-bond acceptors (Lipinski definition) is 5. The summed E-state index contributed by atoms with van der Waals surface area (Å²) in [6.07, 6.45) is 2.05. The number of benzene rings is 3. The molecule has 1 fully saturated rings. The largest absolute Gasteiger partial charge is 0.488 e. The van der Waals surface area contributed by atoms with Gasteiger partial charge in [0.1, 0.15) is 18.2 Å². The van der Waals surface area contributed by atoms with Crippen molar-refractivity contribution >= 4 is 17.5 Å². The molecule has 2 aliphatic heterocycles. The van der Waals surface area contributed by atoms with Gasteiger partial charge in [0.2, 0.25) is 5.91 Å². The molecule has 0 spiro atoms. The predicted molar refractivity (Wildman–Crippen MR) is 131 cm³/mol. The van der Waals surface area contributed by atoms with Gasteiger partial charge in [0.15, 0.2) is 17.2 Å².